The van der Waals surface area contributed by atoms with Crippen LogP contribution in [0.2, 0.25) is 0 Å². The molecule has 1 aromatic carbocycles. The molecule has 0 aliphatic carbocycles. The van der Waals surface area contributed by atoms with Gasteiger partial charge in [0.2, 0.25) is 0 Å². The van der Waals surface area contributed by atoms with Crippen molar-refractivity contribution in [1.82, 2.24) is 0 Å². The Balaban J connectivity index is 0. The van der Waals surface area contributed by atoms with Gasteiger partial charge in [0.15, 0.2) is 0 Å². The molecule has 0 unspecified atom stereocenters. The van der Waals surface area contributed by atoms with Gasteiger partial charge in [0.1, 0.15) is 0 Å². The molecule has 0 amide bonds. The Morgan fingerprint density at radius 3 is 2.00 bits per heavy atom. The molecule has 0 saturated carbocycles. The van der Waals surface area contributed by atoms with Gasteiger partial charge in [-0.05, 0) is 51.6 Å². The summed E-state index contributed by atoms with van der Waals surface area (Å²) in [6.45, 7) is 14.6. The largest absolute Gasteiger partial charge is 0.483 e. The van der Waals surface area contributed by atoms with Gasteiger partial charge in [-0.15, -0.1) is 0 Å². The number of carbonyl (C=O) groups is 1. The summed E-state index contributed by atoms with van der Waals surface area (Å²) in [5.74, 6) is 0. The molecule has 0 radical (unpaired) electrons. The first kappa shape index (κ1) is 22.0. The predicted molar refractivity (Wildman–Crippen MR) is 95.4 cm³/mol. The van der Waals surface area contributed by atoms with Crippen LogP contribution in [0.1, 0.15) is 59.1 Å². The molecule has 1 N–H and O–H groups in total. The fraction of sp³-hybridized carbons (Fsp3) is 0.529. The third-order valence-electron chi connectivity index (χ3n) is 2.15. The number of nitrogens with zero attached hydrogens (tertiary/aromatic N) is 1. The smallest absolute Gasteiger partial charge is 0.290 e. The van der Waals surface area contributed by atoms with E-state index < -0.39 is 0 Å². The number of hydrogen-bond acceptors (Lipinski definition) is 3. The van der Waals surface area contributed by atoms with Crippen molar-refractivity contribution in [2.45, 2.75) is 59.6 Å². The third-order valence-corrected chi connectivity index (χ3v) is 3.01. The topological polar surface area (TPSA) is 49.7 Å². The van der Waals surface area contributed by atoms with E-state index in [0.29, 0.717) is 0 Å². The lowest BCUT2D eigenvalue weighted by Crippen LogP contribution is -2.07. The Morgan fingerprint density at radius 1 is 1.24 bits per heavy atom. The first-order valence-corrected chi connectivity index (χ1v) is 8.01. The van der Waals surface area contributed by atoms with Gasteiger partial charge < -0.3 is 5.11 Å². The number of carboxylic acid groups (broad SMARTS) is 1. The van der Waals surface area contributed by atoms with Crippen LogP contribution in [0.5, 0.6) is 0 Å². The average molecular weight is 311 g/mol. The van der Waals surface area contributed by atoms with Crippen molar-refractivity contribution < 1.29 is 9.90 Å². The van der Waals surface area contributed by atoms with Crippen LogP contribution in [0.4, 0.5) is 0 Å². The van der Waals surface area contributed by atoms with Crippen molar-refractivity contribution in [3.05, 3.63) is 35.4 Å². The minimum Gasteiger partial charge on any atom is -0.483 e. The molecule has 0 saturated heterocycles. The standard InChI is InChI=1S/C14H21NS.C2H6.CH2O2/c1-6-13(15-16-14(3,4)5)12-9-7-11(2)8-10-12;1-2;2-1-3/h7-10H,6H2,1-5H3;1-2H3;1H,(H,2,3)/b15-13+;;. The molecule has 0 aliphatic rings. The van der Waals surface area contributed by atoms with Crippen molar-refractivity contribution in [2.75, 3.05) is 0 Å². The molecule has 21 heavy (non-hydrogen) atoms. The van der Waals surface area contributed by atoms with Gasteiger partial charge >= 0.3 is 0 Å². The normalized spacial score (nSPS) is 10.7. The van der Waals surface area contributed by atoms with E-state index in [1.165, 1.54) is 16.8 Å². The summed E-state index contributed by atoms with van der Waals surface area (Å²) in [6.07, 6.45) is 0.978. The van der Waals surface area contributed by atoms with Crippen LogP contribution >= 0.6 is 11.9 Å². The van der Waals surface area contributed by atoms with Crippen molar-refractivity contribution in [3.63, 3.8) is 0 Å². The first-order chi connectivity index (χ1) is 9.84. The van der Waals surface area contributed by atoms with Crippen LogP contribution in [0.3, 0.4) is 0 Å². The SMILES string of the molecule is CC.CC/C(=N\SC(C)(C)C)c1ccc(C)cc1.O=CO. The number of aryl methyl sites for hydroxylation is 1. The third kappa shape index (κ3) is 12.2. The van der Waals surface area contributed by atoms with Gasteiger partial charge in [-0.1, -0.05) is 50.6 Å². The quantitative estimate of drug-likeness (QED) is 0.464. The van der Waals surface area contributed by atoms with E-state index in [9.17, 15) is 0 Å². The molecule has 120 valence electrons. The summed E-state index contributed by atoms with van der Waals surface area (Å²) in [7, 11) is 0. The molecule has 0 aromatic heterocycles. The second-order valence-corrected chi connectivity index (χ2v) is 6.66. The average Bonchev–Trinajstić information content (AvgIpc) is 2.43. The summed E-state index contributed by atoms with van der Waals surface area (Å²) in [5.41, 5.74) is 3.72. The number of hydrogen-bond donors (Lipinski definition) is 1. The molecule has 0 atom stereocenters. The second-order valence-electron chi connectivity index (χ2n) is 5.07. The molecule has 1 rings (SSSR count). The highest BCUT2D eigenvalue weighted by Crippen LogP contribution is 2.25. The maximum Gasteiger partial charge on any atom is 0.290 e. The Bertz CT molecular complexity index is 406. The van der Waals surface area contributed by atoms with Gasteiger partial charge in [0, 0.05) is 4.75 Å². The minimum atomic E-state index is -0.250. The Kier molecular flexibility index (Phi) is 13.0. The Labute approximate surface area is 134 Å². The molecule has 0 bridgehead atoms. The van der Waals surface area contributed by atoms with E-state index in [4.69, 9.17) is 9.90 Å². The Morgan fingerprint density at radius 2 is 1.67 bits per heavy atom. The van der Waals surface area contributed by atoms with E-state index in [1.807, 2.05) is 13.8 Å². The van der Waals surface area contributed by atoms with E-state index in [1.54, 1.807) is 11.9 Å². The van der Waals surface area contributed by atoms with Crippen LogP contribution in [-0.4, -0.2) is 22.0 Å². The highest BCUT2D eigenvalue weighted by Gasteiger charge is 2.11. The van der Waals surface area contributed by atoms with Gasteiger partial charge in [0.05, 0.1) is 5.71 Å². The van der Waals surface area contributed by atoms with Crippen LogP contribution in [0.25, 0.3) is 0 Å². The Hall–Kier alpha value is -1.29. The lowest BCUT2D eigenvalue weighted by molar-refractivity contribution is -0.122. The van der Waals surface area contributed by atoms with Gasteiger partial charge in [-0.3, -0.25) is 4.79 Å². The number of benzene rings is 1. The minimum absolute atomic E-state index is 0.186. The van der Waals surface area contributed by atoms with Crippen LogP contribution in [-0.2, 0) is 4.79 Å². The monoisotopic (exact) mass is 311 g/mol. The van der Waals surface area contributed by atoms with Crippen LogP contribution in [0.15, 0.2) is 28.7 Å². The van der Waals surface area contributed by atoms with Gasteiger partial charge in [-0.25, -0.2) is 4.40 Å². The van der Waals surface area contributed by atoms with Crippen molar-refractivity contribution in [1.29, 1.82) is 0 Å². The molecule has 1 aromatic rings. The zero-order valence-corrected chi connectivity index (χ0v) is 15.1. The zero-order valence-electron chi connectivity index (χ0n) is 14.3. The van der Waals surface area contributed by atoms with E-state index in [2.05, 4.69) is 63.3 Å². The molecule has 0 spiro atoms. The molecular formula is C17H29NO2S. The number of rotatable bonds is 3. The summed E-state index contributed by atoms with van der Waals surface area (Å²) >= 11 is 1.65. The fourth-order valence-corrected chi connectivity index (χ4v) is 1.88. The van der Waals surface area contributed by atoms with Crippen LogP contribution < -0.4 is 0 Å². The summed E-state index contributed by atoms with van der Waals surface area (Å²) in [6, 6.07) is 8.59. The van der Waals surface area contributed by atoms with E-state index >= 15 is 0 Å². The van der Waals surface area contributed by atoms with E-state index in [0.717, 1.165) is 6.42 Å². The van der Waals surface area contributed by atoms with E-state index in [-0.39, 0.29) is 11.2 Å². The maximum absolute atomic E-state index is 8.36. The lowest BCUT2D eigenvalue weighted by Gasteiger charge is -2.14. The summed E-state index contributed by atoms with van der Waals surface area (Å²) in [4.78, 5) is 8.36. The first-order valence-electron chi connectivity index (χ1n) is 7.24. The summed E-state index contributed by atoms with van der Waals surface area (Å²) < 4.78 is 4.83. The molecule has 0 aliphatic heterocycles. The van der Waals surface area contributed by atoms with Crippen molar-refractivity contribution in [2.24, 2.45) is 4.40 Å². The van der Waals surface area contributed by atoms with Crippen molar-refractivity contribution in [3.8, 4) is 0 Å². The second kappa shape index (κ2) is 12.5. The molecule has 0 heterocycles. The van der Waals surface area contributed by atoms with Crippen molar-refractivity contribution >= 4 is 24.1 Å². The molecule has 3 nitrogen and oxygen atoms in total. The molecular weight excluding hydrogens is 282 g/mol. The zero-order chi connectivity index (χ0) is 16.9. The van der Waals surface area contributed by atoms with Gasteiger partial charge in [-0.2, -0.15) is 0 Å². The summed E-state index contributed by atoms with van der Waals surface area (Å²) in [5, 5.41) is 6.89. The maximum atomic E-state index is 8.36. The lowest BCUT2D eigenvalue weighted by atomic mass is 10.1. The van der Waals surface area contributed by atoms with Gasteiger partial charge in [0.25, 0.3) is 6.47 Å². The molecule has 0 fully saturated rings. The predicted octanol–water partition coefficient (Wildman–Crippen LogP) is 5.37. The van der Waals surface area contributed by atoms with Crippen LogP contribution in [0, 0.1) is 6.92 Å². The highest BCUT2D eigenvalue weighted by molar-refractivity contribution is 7.99. The molecule has 4 heteroatoms. The fourth-order valence-electron chi connectivity index (χ4n) is 1.26. The highest BCUT2D eigenvalue weighted by atomic mass is 32.2.